The fourth-order valence-corrected chi connectivity index (χ4v) is 2.44. The summed E-state index contributed by atoms with van der Waals surface area (Å²) < 4.78 is 10.4. The Balaban J connectivity index is 1.95. The molecule has 0 radical (unpaired) electrons. The monoisotopic (exact) mass is 362 g/mol. The first-order valence-electron chi connectivity index (χ1n) is 8.50. The van der Waals surface area contributed by atoms with Gasteiger partial charge in [0.2, 0.25) is 0 Å². The predicted molar refractivity (Wildman–Crippen MR) is 105 cm³/mol. The van der Waals surface area contributed by atoms with Crippen LogP contribution in [0.15, 0.2) is 66.3 Å². The molecule has 0 aliphatic heterocycles. The summed E-state index contributed by atoms with van der Waals surface area (Å²) in [4.78, 5) is 12.1. The Morgan fingerprint density at radius 3 is 2.52 bits per heavy atom. The van der Waals surface area contributed by atoms with E-state index < -0.39 is 0 Å². The summed E-state index contributed by atoms with van der Waals surface area (Å²) in [6, 6.07) is 17.3. The largest absolute Gasteiger partial charge is 0.493 e. The summed E-state index contributed by atoms with van der Waals surface area (Å²) in [6.45, 7) is 0.473. The highest BCUT2D eigenvalue weighted by Gasteiger charge is 2.07. The number of carbonyl (C=O) groups is 1. The molecule has 0 aliphatic carbocycles. The van der Waals surface area contributed by atoms with Crippen LogP contribution in [0.25, 0.3) is 6.08 Å². The molecule has 27 heavy (non-hydrogen) atoms. The van der Waals surface area contributed by atoms with E-state index in [1.807, 2.05) is 48.5 Å². The van der Waals surface area contributed by atoms with E-state index in [1.54, 1.807) is 32.4 Å². The van der Waals surface area contributed by atoms with E-state index in [2.05, 4.69) is 5.32 Å². The van der Waals surface area contributed by atoms with Crippen molar-refractivity contribution in [1.82, 2.24) is 5.32 Å². The molecule has 0 saturated carbocycles. The quantitative estimate of drug-likeness (QED) is 0.443. The summed E-state index contributed by atoms with van der Waals surface area (Å²) in [5.41, 5.74) is 2.05. The van der Waals surface area contributed by atoms with E-state index in [-0.39, 0.29) is 11.5 Å². The van der Waals surface area contributed by atoms with Gasteiger partial charge in [0.25, 0.3) is 5.91 Å². The maximum absolute atomic E-state index is 12.1. The van der Waals surface area contributed by atoms with Gasteiger partial charge in [-0.15, -0.1) is 0 Å². The van der Waals surface area contributed by atoms with Crippen molar-refractivity contribution in [2.24, 2.45) is 0 Å². The van der Waals surface area contributed by atoms with Crippen LogP contribution in [0.3, 0.4) is 0 Å². The Bertz CT molecular complexity index is 865. The van der Waals surface area contributed by atoms with Gasteiger partial charge in [-0.25, -0.2) is 0 Å². The van der Waals surface area contributed by atoms with Crippen molar-refractivity contribution in [2.75, 3.05) is 20.8 Å². The molecule has 0 unspecified atom stereocenters. The summed E-state index contributed by atoms with van der Waals surface area (Å²) in [7, 11) is 3.14. The first-order chi connectivity index (χ1) is 13.2. The van der Waals surface area contributed by atoms with Gasteiger partial charge in [0, 0.05) is 6.54 Å². The zero-order valence-electron chi connectivity index (χ0n) is 15.4. The number of nitrogens with zero attached hydrogens (tertiary/aromatic N) is 1. The molecule has 2 aromatic carbocycles. The van der Waals surface area contributed by atoms with E-state index in [1.165, 1.54) is 6.08 Å². The highest BCUT2D eigenvalue weighted by Crippen LogP contribution is 2.27. The van der Waals surface area contributed by atoms with Crippen molar-refractivity contribution >= 4 is 12.0 Å². The fourth-order valence-electron chi connectivity index (χ4n) is 2.44. The molecule has 0 spiro atoms. The van der Waals surface area contributed by atoms with Gasteiger partial charge in [-0.3, -0.25) is 4.79 Å². The molecule has 0 heterocycles. The van der Waals surface area contributed by atoms with E-state index in [0.717, 1.165) is 11.1 Å². The van der Waals surface area contributed by atoms with Crippen molar-refractivity contribution in [3.05, 3.63) is 77.4 Å². The Kier molecular flexibility index (Phi) is 7.68. The number of carbonyl (C=O) groups excluding carboxylic acids is 1. The zero-order valence-corrected chi connectivity index (χ0v) is 15.4. The summed E-state index contributed by atoms with van der Waals surface area (Å²) in [6.07, 6.45) is 5.66. The highest BCUT2D eigenvalue weighted by molar-refractivity contribution is 5.97. The van der Waals surface area contributed by atoms with Crippen LogP contribution in [0.2, 0.25) is 0 Å². The van der Waals surface area contributed by atoms with Crippen LogP contribution >= 0.6 is 0 Å². The maximum Gasteiger partial charge on any atom is 0.261 e. The number of rotatable bonds is 8. The van der Waals surface area contributed by atoms with Gasteiger partial charge in [0.15, 0.2) is 11.5 Å². The van der Waals surface area contributed by atoms with Crippen molar-refractivity contribution in [3.8, 4) is 17.6 Å². The number of hydrogen-bond acceptors (Lipinski definition) is 4. The summed E-state index contributed by atoms with van der Waals surface area (Å²) in [5.74, 6) is 0.869. The second-order valence-corrected chi connectivity index (χ2v) is 5.66. The lowest BCUT2D eigenvalue weighted by Crippen LogP contribution is -2.26. The molecule has 0 aliphatic rings. The average molecular weight is 362 g/mol. The van der Waals surface area contributed by atoms with Crippen molar-refractivity contribution < 1.29 is 14.3 Å². The Morgan fingerprint density at radius 2 is 1.85 bits per heavy atom. The molecule has 5 heteroatoms. The minimum atomic E-state index is -0.384. The first kappa shape index (κ1) is 19.8. The van der Waals surface area contributed by atoms with Crippen LogP contribution in [-0.4, -0.2) is 26.7 Å². The number of nitriles is 1. The molecule has 1 amide bonds. The van der Waals surface area contributed by atoms with Crippen LogP contribution in [0.5, 0.6) is 11.5 Å². The Labute approximate surface area is 159 Å². The lowest BCUT2D eigenvalue weighted by atomic mass is 10.1. The predicted octanol–water partition coefficient (Wildman–Crippen LogP) is 3.53. The number of amides is 1. The van der Waals surface area contributed by atoms with Crippen molar-refractivity contribution in [2.45, 2.75) is 6.42 Å². The van der Waals surface area contributed by atoms with Gasteiger partial charge in [-0.05, 0) is 35.8 Å². The van der Waals surface area contributed by atoms with Crippen LogP contribution in [0.1, 0.15) is 11.1 Å². The third-order valence-electron chi connectivity index (χ3n) is 3.87. The van der Waals surface area contributed by atoms with Gasteiger partial charge in [0.1, 0.15) is 11.6 Å². The molecule has 0 saturated heterocycles. The summed E-state index contributed by atoms with van der Waals surface area (Å²) >= 11 is 0. The normalized spacial score (nSPS) is 11.1. The SMILES string of the molecule is COc1ccc(C=CC=C(C#N)C(=O)NCCc2ccccc2)cc1OC. The number of benzene rings is 2. The Hall–Kier alpha value is -3.52. The van der Waals surface area contributed by atoms with Gasteiger partial charge in [-0.1, -0.05) is 48.6 Å². The molecule has 0 atom stereocenters. The molecule has 1 N–H and O–H groups in total. The van der Waals surface area contributed by atoms with Crippen LogP contribution in [0.4, 0.5) is 0 Å². The van der Waals surface area contributed by atoms with E-state index in [9.17, 15) is 10.1 Å². The minimum Gasteiger partial charge on any atom is -0.493 e. The Morgan fingerprint density at radius 1 is 1.11 bits per heavy atom. The minimum absolute atomic E-state index is 0.0554. The average Bonchev–Trinajstić information content (AvgIpc) is 2.71. The second kappa shape index (κ2) is 10.5. The molecule has 138 valence electrons. The molecule has 0 fully saturated rings. The standard InChI is InChI=1S/C22H22N2O3/c1-26-20-12-11-18(15-21(20)27-2)9-6-10-19(16-23)22(25)24-14-13-17-7-4-3-5-8-17/h3-12,15H,13-14H2,1-2H3,(H,24,25). The van der Waals surface area contributed by atoms with Crippen molar-refractivity contribution in [3.63, 3.8) is 0 Å². The van der Waals surface area contributed by atoms with Crippen LogP contribution in [-0.2, 0) is 11.2 Å². The third-order valence-corrected chi connectivity index (χ3v) is 3.87. The second-order valence-electron chi connectivity index (χ2n) is 5.66. The molecular weight excluding hydrogens is 340 g/mol. The molecule has 2 rings (SSSR count). The number of allylic oxidation sites excluding steroid dienone is 2. The van der Waals surface area contributed by atoms with Crippen molar-refractivity contribution in [1.29, 1.82) is 5.26 Å². The van der Waals surface area contributed by atoms with Crippen LogP contribution < -0.4 is 14.8 Å². The lowest BCUT2D eigenvalue weighted by Gasteiger charge is -2.07. The smallest absolute Gasteiger partial charge is 0.261 e. The van der Waals surface area contributed by atoms with Gasteiger partial charge in [-0.2, -0.15) is 5.26 Å². The van der Waals surface area contributed by atoms with Crippen LogP contribution in [0, 0.1) is 11.3 Å². The number of nitrogens with one attached hydrogen (secondary N) is 1. The van der Waals surface area contributed by atoms with Gasteiger partial charge in [0.05, 0.1) is 14.2 Å². The van der Waals surface area contributed by atoms with Gasteiger partial charge < -0.3 is 14.8 Å². The lowest BCUT2D eigenvalue weighted by molar-refractivity contribution is -0.117. The van der Waals surface area contributed by atoms with E-state index >= 15 is 0 Å². The molecule has 0 aromatic heterocycles. The zero-order chi connectivity index (χ0) is 19.5. The first-order valence-corrected chi connectivity index (χ1v) is 8.50. The van der Waals surface area contributed by atoms with E-state index in [0.29, 0.717) is 24.5 Å². The molecule has 0 bridgehead atoms. The molecule has 2 aromatic rings. The maximum atomic E-state index is 12.1. The molecule has 5 nitrogen and oxygen atoms in total. The van der Waals surface area contributed by atoms with E-state index in [4.69, 9.17) is 9.47 Å². The fraction of sp³-hybridized carbons (Fsp3) is 0.182. The summed E-state index contributed by atoms with van der Waals surface area (Å²) in [5, 5.41) is 12.0. The third kappa shape index (κ3) is 6.05. The molecular formula is C22H22N2O3. The number of hydrogen-bond donors (Lipinski definition) is 1. The van der Waals surface area contributed by atoms with Gasteiger partial charge >= 0.3 is 0 Å². The number of methoxy groups -OCH3 is 2. The topological polar surface area (TPSA) is 71.3 Å². The number of ether oxygens (including phenoxy) is 2. The highest BCUT2D eigenvalue weighted by atomic mass is 16.5.